The van der Waals surface area contributed by atoms with Crippen LogP contribution in [0.2, 0.25) is 0 Å². The summed E-state index contributed by atoms with van der Waals surface area (Å²) in [5, 5.41) is 27.2. The summed E-state index contributed by atoms with van der Waals surface area (Å²) in [6.07, 6.45) is 6.43. The fraction of sp³-hybridized carbons (Fsp3) is 0.525. The van der Waals surface area contributed by atoms with Gasteiger partial charge < -0.3 is 30.1 Å². The second-order valence-corrected chi connectivity index (χ2v) is 15.8. The third-order valence-electron chi connectivity index (χ3n) is 12.2. The lowest BCUT2D eigenvalue weighted by molar-refractivity contribution is -0.384. The summed E-state index contributed by atoms with van der Waals surface area (Å²) in [5.41, 5.74) is 4.57. The minimum atomic E-state index is -0.593. The quantitative estimate of drug-likeness (QED) is 0.165. The fourth-order valence-corrected chi connectivity index (χ4v) is 9.95. The van der Waals surface area contributed by atoms with Crippen molar-refractivity contribution in [2.45, 2.75) is 76.1 Å². The molecular formula is C40H49N5O6. The molecule has 3 N–H and O–H groups in total. The Balaban J connectivity index is 0.929. The van der Waals surface area contributed by atoms with Crippen LogP contribution in [0, 0.1) is 33.8 Å². The summed E-state index contributed by atoms with van der Waals surface area (Å²) >= 11 is 0. The Bertz CT molecular complexity index is 1660. The maximum atomic E-state index is 13.2. The Hall–Kier alpha value is -4.03. The van der Waals surface area contributed by atoms with Crippen LogP contribution in [0.3, 0.4) is 0 Å². The molecule has 11 nitrogen and oxygen atoms in total. The van der Waals surface area contributed by atoms with Crippen LogP contribution in [0.4, 0.5) is 21.9 Å². The maximum Gasteiger partial charge on any atom is 0.319 e. The van der Waals surface area contributed by atoms with Gasteiger partial charge in [-0.2, -0.15) is 0 Å². The zero-order valence-corrected chi connectivity index (χ0v) is 29.3. The van der Waals surface area contributed by atoms with Gasteiger partial charge in [-0.3, -0.25) is 15.0 Å². The molecule has 3 aromatic rings. The summed E-state index contributed by atoms with van der Waals surface area (Å²) in [7, 11) is 0. The number of nitro groups is 1. The molecule has 6 aliphatic rings. The number of non-ortho nitro benzene ring substituents is 1. The molecule has 0 unspecified atom stereocenters. The van der Waals surface area contributed by atoms with Crippen LogP contribution in [-0.4, -0.2) is 65.3 Å². The molecule has 0 aromatic heterocycles. The number of nitrogens with one attached hydrogen (secondary N) is 2. The number of anilines is 2. The molecule has 4 aliphatic carbocycles. The highest BCUT2D eigenvalue weighted by Gasteiger charge is 2.51. The number of hydrogen-bond donors (Lipinski definition) is 3. The van der Waals surface area contributed by atoms with Gasteiger partial charge in [0.1, 0.15) is 0 Å². The molecule has 6 fully saturated rings. The number of urea groups is 1. The molecule has 0 spiro atoms. The number of nitrogens with zero attached hydrogens (tertiary/aromatic N) is 3. The Morgan fingerprint density at radius 3 is 2.06 bits per heavy atom. The van der Waals surface area contributed by atoms with Crippen LogP contribution in [0.5, 0.6) is 0 Å². The van der Waals surface area contributed by atoms with Crippen molar-refractivity contribution in [3.63, 3.8) is 0 Å². The average Bonchev–Trinajstić information content (AvgIpc) is 3.12. The number of aliphatic hydroxyl groups excluding tert-OH is 1. The molecule has 0 radical (unpaired) electrons. The zero-order chi connectivity index (χ0) is 35.1. The summed E-state index contributed by atoms with van der Waals surface area (Å²) in [6.45, 7) is 6.22. The van der Waals surface area contributed by atoms with Crippen LogP contribution in [0.15, 0.2) is 72.8 Å². The van der Waals surface area contributed by atoms with E-state index in [2.05, 4.69) is 27.4 Å². The van der Waals surface area contributed by atoms with Crippen molar-refractivity contribution in [3.8, 4) is 0 Å². The molecule has 4 saturated carbocycles. The van der Waals surface area contributed by atoms with Crippen molar-refractivity contribution in [3.05, 3.63) is 99.6 Å². The van der Waals surface area contributed by atoms with Crippen molar-refractivity contribution in [2.24, 2.45) is 23.7 Å². The van der Waals surface area contributed by atoms with Crippen LogP contribution < -0.4 is 15.5 Å². The first kappa shape index (κ1) is 34.1. The highest BCUT2D eigenvalue weighted by molar-refractivity contribution is 5.89. The summed E-state index contributed by atoms with van der Waals surface area (Å²) in [5.74, 6) is 2.35. The van der Waals surface area contributed by atoms with E-state index in [0.29, 0.717) is 0 Å². The summed E-state index contributed by atoms with van der Waals surface area (Å²) in [6, 6.07) is 22.4. The van der Waals surface area contributed by atoms with Gasteiger partial charge in [-0.15, -0.1) is 0 Å². The molecule has 2 saturated heterocycles. The van der Waals surface area contributed by atoms with Crippen molar-refractivity contribution >= 4 is 23.1 Å². The predicted octanol–water partition coefficient (Wildman–Crippen LogP) is 6.79. The Kier molecular flexibility index (Phi) is 9.47. The largest absolute Gasteiger partial charge is 0.392 e. The SMILES string of the molecule is C[C@H]1[C@@H](CN2CCN(c3ccc([N+](=O)[O-])cc3)CC2)O[C@@H](c2ccc(NC(=O)NC34CC5CC(CC(C5)C3)C4)cc2)O[C@H]1c1ccc(CO)cc1. The van der Waals surface area contributed by atoms with Crippen molar-refractivity contribution < 1.29 is 24.3 Å². The number of hydrogen-bond acceptors (Lipinski definition) is 8. The van der Waals surface area contributed by atoms with E-state index in [0.717, 1.165) is 97.8 Å². The number of carbonyl (C=O) groups is 1. The van der Waals surface area contributed by atoms with Gasteiger partial charge in [-0.1, -0.05) is 43.3 Å². The number of benzene rings is 3. The first-order valence-corrected chi connectivity index (χ1v) is 18.6. The lowest BCUT2D eigenvalue weighted by Crippen LogP contribution is -2.60. The van der Waals surface area contributed by atoms with E-state index >= 15 is 0 Å². The van der Waals surface area contributed by atoms with E-state index in [4.69, 9.17) is 9.47 Å². The molecular weight excluding hydrogens is 646 g/mol. The van der Waals surface area contributed by atoms with Gasteiger partial charge >= 0.3 is 6.03 Å². The molecule has 9 rings (SSSR count). The van der Waals surface area contributed by atoms with E-state index in [9.17, 15) is 20.0 Å². The first-order chi connectivity index (χ1) is 24.7. The third-order valence-corrected chi connectivity index (χ3v) is 12.2. The number of rotatable bonds is 9. The van der Waals surface area contributed by atoms with Gasteiger partial charge in [0.05, 0.1) is 23.7 Å². The highest BCUT2D eigenvalue weighted by Crippen LogP contribution is 2.55. The number of aliphatic hydroxyl groups is 1. The molecule has 2 heterocycles. The smallest absolute Gasteiger partial charge is 0.319 e. The summed E-state index contributed by atoms with van der Waals surface area (Å²) in [4.78, 5) is 28.6. The first-order valence-electron chi connectivity index (χ1n) is 18.6. The van der Waals surface area contributed by atoms with Crippen LogP contribution in [-0.2, 0) is 16.1 Å². The van der Waals surface area contributed by atoms with Gasteiger partial charge in [-0.05, 0) is 91.7 Å². The van der Waals surface area contributed by atoms with Crippen LogP contribution in [0.25, 0.3) is 0 Å². The van der Waals surface area contributed by atoms with E-state index in [1.807, 2.05) is 60.7 Å². The summed E-state index contributed by atoms with van der Waals surface area (Å²) < 4.78 is 13.4. The molecule has 270 valence electrons. The molecule has 2 aliphatic heterocycles. The number of carbonyl (C=O) groups excluding carboxylic acids is 1. The van der Waals surface area contributed by atoms with Gasteiger partial charge in [-0.25, -0.2) is 4.79 Å². The second-order valence-electron chi connectivity index (χ2n) is 15.8. The van der Waals surface area contributed by atoms with Crippen LogP contribution in [0.1, 0.15) is 74.5 Å². The van der Waals surface area contributed by atoms with Gasteiger partial charge in [0.25, 0.3) is 5.69 Å². The second kappa shape index (κ2) is 14.2. The molecule has 51 heavy (non-hydrogen) atoms. The van der Waals surface area contributed by atoms with E-state index in [-0.39, 0.29) is 46.9 Å². The van der Waals surface area contributed by atoms with Gasteiger partial charge in [0, 0.05) is 73.3 Å². The number of nitro benzene ring substituents is 1. The minimum absolute atomic E-state index is 0.0114. The van der Waals surface area contributed by atoms with Gasteiger partial charge in [0.15, 0.2) is 6.29 Å². The number of ether oxygens (including phenoxy) is 2. The lowest BCUT2D eigenvalue weighted by atomic mass is 9.53. The number of amides is 2. The van der Waals surface area contributed by atoms with E-state index < -0.39 is 6.29 Å². The molecule has 4 atom stereocenters. The zero-order valence-electron chi connectivity index (χ0n) is 29.3. The van der Waals surface area contributed by atoms with E-state index in [1.54, 1.807) is 12.1 Å². The third kappa shape index (κ3) is 7.35. The molecule has 11 heteroatoms. The topological polar surface area (TPSA) is 129 Å². The Morgan fingerprint density at radius 2 is 1.47 bits per heavy atom. The van der Waals surface area contributed by atoms with E-state index in [1.165, 1.54) is 19.3 Å². The maximum absolute atomic E-state index is 13.2. The standard InChI is InChI=1S/C40H49N5O6/c1-26-36(24-43-14-16-44(17-15-43)34-10-12-35(13-11-34)45(48)49)50-38(51-37(26)31-4-2-27(25-46)3-5-31)32-6-8-33(9-7-32)41-39(47)42-40-21-28-18-29(22-40)20-30(19-28)23-40/h2-13,26,28-30,36-38,46H,14-25H2,1H3,(H2,41,42,47)/t26-,28?,29?,30?,36+,37+,38+,40?/m0/s1. The average molecular weight is 696 g/mol. The Labute approximate surface area is 299 Å². The normalized spacial score (nSPS) is 31.7. The molecule has 3 aromatic carbocycles. The minimum Gasteiger partial charge on any atom is -0.392 e. The van der Waals surface area contributed by atoms with Crippen LogP contribution >= 0.6 is 0 Å². The monoisotopic (exact) mass is 695 g/mol. The molecule has 4 bridgehead atoms. The van der Waals surface area contributed by atoms with Crippen molar-refractivity contribution in [1.29, 1.82) is 0 Å². The number of piperazine rings is 1. The lowest BCUT2D eigenvalue weighted by Gasteiger charge is -2.56. The highest BCUT2D eigenvalue weighted by atomic mass is 16.7. The fourth-order valence-electron chi connectivity index (χ4n) is 9.95. The predicted molar refractivity (Wildman–Crippen MR) is 194 cm³/mol. The van der Waals surface area contributed by atoms with Gasteiger partial charge in [0.2, 0.25) is 0 Å². The van der Waals surface area contributed by atoms with Crippen molar-refractivity contribution in [1.82, 2.24) is 10.2 Å². The Morgan fingerprint density at radius 1 is 0.863 bits per heavy atom. The van der Waals surface area contributed by atoms with Crippen molar-refractivity contribution in [2.75, 3.05) is 42.9 Å². The molecule has 2 amide bonds.